The van der Waals surface area contributed by atoms with Gasteiger partial charge < -0.3 is 0 Å². The zero-order valence-corrected chi connectivity index (χ0v) is 7.16. The summed E-state index contributed by atoms with van der Waals surface area (Å²) < 4.78 is 0. The van der Waals surface area contributed by atoms with Crippen molar-refractivity contribution in [2.75, 3.05) is 0 Å². The third-order valence-corrected chi connectivity index (χ3v) is 2.54. The van der Waals surface area contributed by atoms with Crippen molar-refractivity contribution in [1.29, 1.82) is 0 Å². The van der Waals surface area contributed by atoms with Crippen LogP contribution in [0.3, 0.4) is 0 Å². The van der Waals surface area contributed by atoms with Crippen LogP contribution in [0.15, 0.2) is 30.3 Å². The predicted octanol–water partition coefficient (Wildman–Crippen LogP) is 2.38. The van der Waals surface area contributed by atoms with E-state index >= 15 is 0 Å². The number of Topliss-reactive ketones (excluding diaryl/α,β-unsaturated/α-hetero) is 1. The Bertz CT molecular complexity index is 289. The summed E-state index contributed by atoms with van der Waals surface area (Å²) in [5.74, 6) is 1.17. The third-order valence-electron chi connectivity index (χ3n) is 2.54. The minimum Gasteiger partial charge on any atom is -0.300 e. The molecule has 12 heavy (non-hydrogen) atoms. The highest BCUT2D eigenvalue weighted by atomic mass is 16.1. The largest absolute Gasteiger partial charge is 0.300 e. The van der Waals surface area contributed by atoms with E-state index in [1.54, 1.807) is 6.92 Å². The second-order valence-electron chi connectivity index (χ2n) is 3.47. The van der Waals surface area contributed by atoms with E-state index in [0.29, 0.717) is 17.6 Å². The molecule has 0 amide bonds. The van der Waals surface area contributed by atoms with Gasteiger partial charge in [0, 0.05) is 5.92 Å². The summed E-state index contributed by atoms with van der Waals surface area (Å²) in [7, 11) is 0. The standard InChI is InChI=1S/C11H12O/c1-8(12)10-7-11(10)9-5-3-2-4-6-9/h2-6,10-11H,7H2,1H3/t10-,11-/m0/s1. The molecule has 0 N–H and O–H groups in total. The molecule has 1 nitrogen and oxygen atoms in total. The fourth-order valence-electron chi connectivity index (χ4n) is 1.71. The Morgan fingerprint density at radius 1 is 1.33 bits per heavy atom. The highest BCUT2D eigenvalue weighted by Crippen LogP contribution is 2.47. The van der Waals surface area contributed by atoms with E-state index < -0.39 is 0 Å². The molecular weight excluding hydrogens is 148 g/mol. The van der Waals surface area contributed by atoms with E-state index in [0.717, 1.165) is 6.42 Å². The summed E-state index contributed by atoms with van der Waals surface area (Å²) in [5.41, 5.74) is 1.32. The second kappa shape index (κ2) is 2.74. The summed E-state index contributed by atoms with van der Waals surface area (Å²) in [6, 6.07) is 10.3. The molecule has 1 aromatic rings. The Labute approximate surface area is 72.4 Å². The number of hydrogen-bond donors (Lipinski definition) is 0. The van der Waals surface area contributed by atoms with E-state index in [2.05, 4.69) is 12.1 Å². The minimum absolute atomic E-state index is 0.312. The normalized spacial score (nSPS) is 26.8. The van der Waals surface area contributed by atoms with Crippen molar-refractivity contribution in [2.45, 2.75) is 19.3 Å². The van der Waals surface area contributed by atoms with Crippen LogP contribution in [-0.4, -0.2) is 5.78 Å². The van der Waals surface area contributed by atoms with E-state index in [4.69, 9.17) is 0 Å². The lowest BCUT2D eigenvalue weighted by atomic mass is 10.1. The van der Waals surface area contributed by atoms with Gasteiger partial charge in [0.05, 0.1) is 0 Å². The van der Waals surface area contributed by atoms with Gasteiger partial charge >= 0.3 is 0 Å². The van der Waals surface area contributed by atoms with Crippen LogP contribution in [0, 0.1) is 5.92 Å². The highest BCUT2D eigenvalue weighted by Gasteiger charge is 2.41. The van der Waals surface area contributed by atoms with E-state index in [1.807, 2.05) is 18.2 Å². The molecule has 0 saturated heterocycles. The lowest BCUT2D eigenvalue weighted by molar-refractivity contribution is -0.118. The minimum atomic E-state index is 0.312. The fraction of sp³-hybridized carbons (Fsp3) is 0.364. The topological polar surface area (TPSA) is 17.1 Å². The second-order valence-corrected chi connectivity index (χ2v) is 3.47. The van der Waals surface area contributed by atoms with Crippen LogP contribution in [0.5, 0.6) is 0 Å². The van der Waals surface area contributed by atoms with Gasteiger partial charge in [0.2, 0.25) is 0 Å². The molecule has 1 aliphatic carbocycles. The maximum absolute atomic E-state index is 11.0. The third kappa shape index (κ3) is 1.27. The Morgan fingerprint density at radius 2 is 2.00 bits per heavy atom. The van der Waals surface area contributed by atoms with Crippen molar-refractivity contribution in [1.82, 2.24) is 0 Å². The van der Waals surface area contributed by atoms with Gasteiger partial charge in [0.1, 0.15) is 5.78 Å². The molecule has 0 heterocycles. The first-order chi connectivity index (χ1) is 5.79. The van der Waals surface area contributed by atoms with E-state index in [1.165, 1.54) is 5.56 Å². The van der Waals surface area contributed by atoms with Crippen LogP contribution in [0.4, 0.5) is 0 Å². The molecule has 1 aliphatic rings. The molecule has 0 unspecified atom stereocenters. The first kappa shape index (κ1) is 7.53. The molecule has 2 rings (SSSR count). The number of carbonyl (C=O) groups excluding carboxylic acids is 1. The maximum atomic E-state index is 11.0. The quantitative estimate of drug-likeness (QED) is 0.649. The van der Waals surface area contributed by atoms with E-state index in [-0.39, 0.29) is 0 Å². The average Bonchev–Trinajstić information content (AvgIpc) is 2.84. The van der Waals surface area contributed by atoms with Crippen molar-refractivity contribution in [3.8, 4) is 0 Å². The van der Waals surface area contributed by atoms with Gasteiger partial charge in [-0.2, -0.15) is 0 Å². The Hall–Kier alpha value is -1.11. The van der Waals surface area contributed by atoms with Crippen LogP contribution in [0.1, 0.15) is 24.8 Å². The van der Waals surface area contributed by atoms with Crippen LogP contribution >= 0.6 is 0 Å². The Morgan fingerprint density at radius 3 is 2.50 bits per heavy atom. The van der Waals surface area contributed by atoms with Crippen molar-refractivity contribution in [3.63, 3.8) is 0 Å². The SMILES string of the molecule is CC(=O)[C@@H]1C[C@H]1c1ccccc1. The van der Waals surface area contributed by atoms with Crippen molar-refractivity contribution >= 4 is 5.78 Å². The lowest BCUT2D eigenvalue weighted by Gasteiger charge is -1.96. The van der Waals surface area contributed by atoms with E-state index in [9.17, 15) is 4.79 Å². The summed E-state index contributed by atoms with van der Waals surface area (Å²) in [5, 5.41) is 0. The lowest BCUT2D eigenvalue weighted by Crippen LogP contribution is -1.94. The van der Waals surface area contributed by atoms with Crippen LogP contribution < -0.4 is 0 Å². The molecule has 0 aliphatic heterocycles. The summed E-state index contributed by atoms with van der Waals surface area (Å²) in [4.78, 5) is 11.0. The first-order valence-electron chi connectivity index (χ1n) is 4.34. The van der Waals surface area contributed by atoms with Crippen molar-refractivity contribution in [3.05, 3.63) is 35.9 Å². The highest BCUT2D eigenvalue weighted by molar-refractivity contribution is 5.82. The van der Waals surface area contributed by atoms with Gasteiger partial charge in [0.25, 0.3) is 0 Å². The van der Waals surface area contributed by atoms with Gasteiger partial charge in [-0.25, -0.2) is 0 Å². The molecule has 62 valence electrons. The van der Waals surface area contributed by atoms with Crippen LogP contribution in [0.2, 0.25) is 0 Å². The molecule has 1 fully saturated rings. The number of ketones is 1. The number of carbonyl (C=O) groups is 1. The number of benzene rings is 1. The summed E-state index contributed by atoms with van der Waals surface area (Å²) in [6.45, 7) is 1.69. The average molecular weight is 160 g/mol. The molecular formula is C11H12O. The van der Waals surface area contributed by atoms with Gasteiger partial charge in [-0.1, -0.05) is 30.3 Å². The van der Waals surface area contributed by atoms with Gasteiger partial charge in [-0.3, -0.25) is 4.79 Å². The Balaban J connectivity index is 2.11. The molecule has 1 aromatic carbocycles. The molecule has 0 spiro atoms. The van der Waals surface area contributed by atoms with Crippen molar-refractivity contribution < 1.29 is 4.79 Å². The molecule has 1 heteroatoms. The van der Waals surface area contributed by atoms with Crippen LogP contribution in [0.25, 0.3) is 0 Å². The predicted molar refractivity (Wildman–Crippen MR) is 48.0 cm³/mol. The summed E-state index contributed by atoms with van der Waals surface area (Å²) in [6.07, 6.45) is 1.05. The molecule has 0 aromatic heterocycles. The molecule has 1 saturated carbocycles. The van der Waals surface area contributed by atoms with Gasteiger partial charge in [0.15, 0.2) is 0 Å². The van der Waals surface area contributed by atoms with Crippen molar-refractivity contribution in [2.24, 2.45) is 5.92 Å². The maximum Gasteiger partial charge on any atom is 0.133 e. The van der Waals surface area contributed by atoms with Crippen LogP contribution in [-0.2, 0) is 4.79 Å². The zero-order valence-electron chi connectivity index (χ0n) is 7.16. The summed E-state index contributed by atoms with van der Waals surface area (Å²) >= 11 is 0. The first-order valence-corrected chi connectivity index (χ1v) is 4.34. The smallest absolute Gasteiger partial charge is 0.133 e. The zero-order chi connectivity index (χ0) is 8.55. The monoisotopic (exact) mass is 160 g/mol. The number of hydrogen-bond acceptors (Lipinski definition) is 1. The molecule has 0 radical (unpaired) electrons. The molecule has 0 bridgehead atoms. The van der Waals surface area contributed by atoms with Gasteiger partial charge in [-0.05, 0) is 24.8 Å². The number of rotatable bonds is 2. The molecule has 2 atom stereocenters. The van der Waals surface area contributed by atoms with Gasteiger partial charge in [-0.15, -0.1) is 0 Å². The fourth-order valence-corrected chi connectivity index (χ4v) is 1.71. The Kier molecular flexibility index (Phi) is 1.72.